The smallest absolute Gasteiger partial charge is 0.150 e. The minimum absolute atomic E-state index is 0.105. The lowest BCUT2D eigenvalue weighted by molar-refractivity contribution is 0.199. The first-order chi connectivity index (χ1) is 7.45. The van der Waals surface area contributed by atoms with E-state index in [9.17, 15) is 8.42 Å². The first-order valence-corrected chi connectivity index (χ1v) is 8.65. The van der Waals surface area contributed by atoms with Crippen LogP contribution in [0.2, 0.25) is 0 Å². The van der Waals surface area contributed by atoms with Gasteiger partial charge in [0.05, 0.1) is 11.5 Å². The summed E-state index contributed by atoms with van der Waals surface area (Å²) in [5.74, 6) is 0.511. The topological polar surface area (TPSA) is 43.4 Å². The van der Waals surface area contributed by atoms with Gasteiger partial charge in [-0.25, -0.2) is 8.42 Å². The Balaban J connectivity index is 4.42. The summed E-state index contributed by atoms with van der Waals surface area (Å²) in [4.78, 5) is 0. The van der Waals surface area contributed by atoms with Crippen LogP contribution in [-0.2, 0) is 14.6 Å². The number of sulfone groups is 1. The van der Waals surface area contributed by atoms with Crippen LogP contribution in [0.25, 0.3) is 0 Å². The van der Waals surface area contributed by atoms with Gasteiger partial charge in [-0.1, -0.05) is 29.8 Å². The van der Waals surface area contributed by atoms with Crippen molar-refractivity contribution < 1.29 is 13.2 Å². The van der Waals surface area contributed by atoms with Gasteiger partial charge < -0.3 is 4.74 Å². The second-order valence-corrected chi connectivity index (χ2v) is 7.02. The zero-order chi connectivity index (χ0) is 12.7. The van der Waals surface area contributed by atoms with E-state index < -0.39 is 9.84 Å². The Labute approximate surface area is 108 Å². The standard InChI is InChI=1S/C11H23BrO3S/c1-4-11(5-2,9-12)10-16(13,14)8-6-7-15-3/h4-10H2,1-3H3. The zero-order valence-electron chi connectivity index (χ0n) is 10.5. The van der Waals surface area contributed by atoms with Crippen molar-refractivity contribution in [2.45, 2.75) is 33.1 Å². The molecule has 16 heavy (non-hydrogen) atoms. The highest BCUT2D eigenvalue weighted by Gasteiger charge is 2.30. The molecular formula is C11H23BrO3S. The quantitative estimate of drug-likeness (QED) is 0.485. The van der Waals surface area contributed by atoms with Gasteiger partial charge in [0, 0.05) is 19.0 Å². The third-order valence-electron chi connectivity index (χ3n) is 3.11. The van der Waals surface area contributed by atoms with Gasteiger partial charge in [0.25, 0.3) is 0 Å². The summed E-state index contributed by atoms with van der Waals surface area (Å²) in [6, 6.07) is 0. The number of alkyl halides is 1. The summed E-state index contributed by atoms with van der Waals surface area (Å²) < 4.78 is 28.7. The first-order valence-electron chi connectivity index (χ1n) is 5.70. The molecule has 0 unspecified atom stereocenters. The van der Waals surface area contributed by atoms with E-state index in [1.54, 1.807) is 7.11 Å². The maximum absolute atomic E-state index is 11.9. The lowest BCUT2D eigenvalue weighted by Crippen LogP contribution is -2.32. The van der Waals surface area contributed by atoms with Gasteiger partial charge in [0.15, 0.2) is 9.84 Å². The molecule has 0 amide bonds. The van der Waals surface area contributed by atoms with E-state index in [0.29, 0.717) is 13.0 Å². The van der Waals surface area contributed by atoms with Crippen LogP contribution in [0.1, 0.15) is 33.1 Å². The minimum Gasteiger partial charge on any atom is -0.385 e. The highest BCUT2D eigenvalue weighted by Crippen LogP contribution is 2.30. The van der Waals surface area contributed by atoms with Crippen molar-refractivity contribution in [3.8, 4) is 0 Å². The number of halogens is 1. The Bertz CT molecular complexity index is 263. The predicted octanol–water partition coefficient (Wildman–Crippen LogP) is 2.64. The second kappa shape index (κ2) is 7.67. The lowest BCUT2D eigenvalue weighted by Gasteiger charge is -2.29. The Hall–Kier alpha value is 0.390. The highest BCUT2D eigenvalue weighted by atomic mass is 79.9. The van der Waals surface area contributed by atoms with Crippen LogP contribution in [-0.4, -0.2) is 39.0 Å². The molecule has 0 radical (unpaired) electrons. The van der Waals surface area contributed by atoms with Crippen molar-refractivity contribution in [1.82, 2.24) is 0 Å². The van der Waals surface area contributed by atoms with Gasteiger partial charge in [0.1, 0.15) is 0 Å². The fourth-order valence-corrected chi connectivity index (χ4v) is 5.04. The summed E-state index contributed by atoms with van der Waals surface area (Å²) in [6.45, 7) is 4.61. The zero-order valence-corrected chi connectivity index (χ0v) is 12.9. The third-order valence-corrected chi connectivity index (χ3v) is 6.27. The number of ether oxygens (including phenoxy) is 1. The molecule has 0 aliphatic carbocycles. The van der Waals surface area contributed by atoms with Crippen LogP contribution in [0, 0.1) is 5.41 Å². The Kier molecular flexibility index (Phi) is 7.85. The summed E-state index contributed by atoms with van der Waals surface area (Å²) in [6.07, 6.45) is 2.36. The number of rotatable bonds is 9. The molecule has 0 bridgehead atoms. The predicted molar refractivity (Wildman–Crippen MR) is 72.0 cm³/mol. The second-order valence-electron chi connectivity index (χ2n) is 4.28. The van der Waals surface area contributed by atoms with Crippen LogP contribution in [0.3, 0.4) is 0 Å². The average molecular weight is 315 g/mol. The first kappa shape index (κ1) is 16.4. The molecule has 5 heteroatoms. The number of hydrogen-bond donors (Lipinski definition) is 0. The Morgan fingerprint density at radius 1 is 1.25 bits per heavy atom. The molecule has 0 aliphatic rings. The molecule has 98 valence electrons. The largest absolute Gasteiger partial charge is 0.385 e. The third kappa shape index (κ3) is 5.64. The van der Waals surface area contributed by atoms with Gasteiger partial charge in [-0.15, -0.1) is 0 Å². The van der Waals surface area contributed by atoms with Crippen LogP contribution in [0.5, 0.6) is 0 Å². The molecule has 0 fully saturated rings. The van der Waals surface area contributed by atoms with Gasteiger partial charge >= 0.3 is 0 Å². The van der Waals surface area contributed by atoms with E-state index >= 15 is 0 Å². The molecule has 0 aromatic carbocycles. The van der Waals surface area contributed by atoms with Gasteiger partial charge in [-0.05, 0) is 24.7 Å². The molecule has 0 saturated heterocycles. The maximum Gasteiger partial charge on any atom is 0.150 e. The van der Waals surface area contributed by atoms with E-state index in [-0.39, 0.29) is 16.9 Å². The van der Waals surface area contributed by atoms with Gasteiger partial charge in [0.2, 0.25) is 0 Å². The summed E-state index contributed by atoms with van der Waals surface area (Å²) in [5.41, 5.74) is -0.105. The molecule has 0 rings (SSSR count). The van der Waals surface area contributed by atoms with E-state index in [2.05, 4.69) is 29.8 Å². The van der Waals surface area contributed by atoms with Gasteiger partial charge in [-0.2, -0.15) is 0 Å². The Morgan fingerprint density at radius 3 is 2.19 bits per heavy atom. The maximum atomic E-state index is 11.9. The van der Waals surface area contributed by atoms with Crippen molar-refractivity contribution in [3.63, 3.8) is 0 Å². The van der Waals surface area contributed by atoms with Crippen LogP contribution < -0.4 is 0 Å². The summed E-state index contributed by atoms with van der Waals surface area (Å²) in [7, 11) is -1.37. The van der Waals surface area contributed by atoms with Crippen LogP contribution >= 0.6 is 15.9 Å². The molecule has 0 heterocycles. The molecule has 0 N–H and O–H groups in total. The fourth-order valence-electron chi connectivity index (χ4n) is 1.64. The van der Waals surface area contributed by atoms with Crippen molar-refractivity contribution in [3.05, 3.63) is 0 Å². The van der Waals surface area contributed by atoms with E-state index in [1.165, 1.54) is 0 Å². The molecule has 0 aromatic heterocycles. The van der Waals surface area contributed by atoms with Crippen molar-refractivity contribution in [2.24, 2.45) is 5.41 Å². The molecule has 0 atom stereocenters. The summed E-state index contributed by atoms with van der Waals surface area (Å²) >= 11 is 3.44. The normalized spacial score (nSPS) is 13.0. The highest BCUT2D eigenvalue weighted by molar-refractivity contribution is 9.09. The van der Waals surface area contributed by atoms with Crippen LogP contribution in [0.15, 0.2) is 0 Å². The van der Waals surface area contributed by atoms with E-state index in [0.717, 1.165) is 18.2 Å². The molecule has 3 nitrogen and oxygen atoms in total. The molecule has 0 aliphatic heterocycles. The van der Waals surface area contributed by atoms with E-state index in [4.69, 9.17) is 4.74 Å². The monoisotopic (exact) mass is 314 g/mol. The summed E-state index contributed by atoms with van der Waals surface area (Å²) in [5, 5.41) is 0.747. The number of hydrogen-bond acceptors (Lipinski definition) is 3. The molecular weight excluding hydrogens is 292 g/mol. The lowest BCUT2D eigenvalue weighted by atomic mass is 9.87. The van der Waals surface area contributed by atoms with Gasteiger partial charge in [-0.3, -0.25) is 0 Å². The van der Waals surface area contributed by atoms with Crippen molar-refractivity contribution >= 4 is 25.8 Å². The molecule has 0 aromatic rings. The average Bonchev–Trinajstić information content (AvgIpc) is 2.26. The molecule has 0 saturated carbocycles. The Morgan fingerprint density at radius 2 is 1.81 bits per heavy atom. The van der Waals surface area contributed by atoms with Crippen molar-refractivity contribution in [1.29, 1.82) is 0 Å². The van der Waals surface area contributed by atoms with Crippen LogP contribution in [0.4, 0.5) is 0 Å². The van der Waals surface area contributed by atoms with Crippen molar-refractivity contribution in [2.75, 3.05) is 30.6 Å². The fraction of sp³-hybridized carbons (Fsp3) is 1.00. The van der Waals surface area contributed by atoms with E-state index in [1.807, 2.05) is 0 Å². The number of methoxy groups -OCH3 is 1. The minimum atomic E-state index is -2.96. The SMILES string of the molecule is CCC(CC)(CBr)CS(=O)(=O)CCCOC. The molecule has 0 spiro atoms.